The Labute approximate surface area is 124 Å². The molecule has 104 valence electrons. The maximum Gasteiger partial charge on any atom is 0.349 e. The molecule has 4 nitrogen and oxygen atoms in total. The van der Waals surface area contributed by atoms with Crippen LogP contribution in [-0.4, -0.2) is 24.4 Å². The lowest BCUT2D eigenvalue weighted by Gasteiger charge is -2.22. The smallest absolute Gasteiger partial charge is 0.349 e. The SMILES string of the molecule is C=C1C=N1.COC(=O)C(O)(c1cccs1)c1cccs1. The Morgan fingerprint density at radius 2 is 1.75 bits per heavy atom. The molecule has 0 amide bonds. The van der Waals surface area contributed by atoms with Gasteiger partial charge in [-0.15, -0.1) is 22.7 Å². The molecule has 0 aromatic carbocycles. The number of rotatable bonds is 3. The minimum Gasteiger partial charge on any atom is -0.466 e. The van der Waals surface area contributed by atoms with Crippen LogP contribution in [0.1, 0.15) is 9.75 Å². The van der Waals surface area contributed by atoms with Gasteiger partial charge in [-0.3, -0.25) is 4.99 Å². The lowest BCUT2D eigenvalue weighted by Crippen LogP contribution is -2.36. The summed E-state index contributed by atoms with van der Waals surface area (Å²) in [6.45, 7) is 3.44. The van der Waals surface area contributed by atoms with Crippen molar-refractivity contribution in [3.8, 4) is 0 Å². The molecule has 1 aliphatic rings. The fourth-order valence-electron chi connectivity index (χ4n) is 1.48. The van der Waals surface area contributed by atoms with Crippen LogP contribution >= 0.6 is 22.7 Å². The van der Waals surface area contributed by atoms with Crippen molar-refractivity contribution in [3.63, 3.8) is 0 Å². The zero-order valence-corrected chi connectivity index (χ0v) is 12.4. The summed E-state index contributed by atoms with van der Waals surface area (Å²) < 4.78 is 4.69. The second-order valence-electron chi connectivity index (χ2n) is 3.91. The highest BCUT2D eigenvalue weighted by molar-refractivity contribution is 7.12. The minimum atomic E-state index is -1.67. The lowest BCUT2D eigenvalue weighted by molar-refractivity contribution is -0.158. The fraction of sp³-hybridized carbons (Fsp3) is 0.143. The summed E-state index contributed by atoms with van der Waals surface area (Å²) >= 11 is 2.66. The molecule has 3 rings (SSSR count). The van der Waals surface area contributed by atoms with Crippen molar-refractivity contribution in [2.24, 2.45) is 4.99 Å². The Balaban J connectivity index is 0.000000315. The van der Waals surface area contributed by atoms with Crippen LogP contribution in [0.3, 0.4) is 0 Å². The van der Waals surface area contributed by atoms with Crippen molar-refractivity contribution in [1.29, 1.82) is 0 Å². The molecule has 6 heteroatoms. The van der Waals surface area contributed by atoms with Crippen LogP contribution in [0, 0.1) is 0 Å². The predicted octanol–water partition coefficient (Wildman–Crippen LogP) is 2.80. The molecule has 2 aromatic heterocycles. The topological polar surface area (TPSA) is 58.9 Å². The number of hydrogen-bond donors (Lipinski definition) is 1. The summed E-state index contributed by atoms with van der Waals surface area (Å²) in [6.07, 6.45) is 1.72. The summed E-state index contributed by atoms with van der Waals surface area (Å²) in [7, 11) is 1.27. The Hall–Kier alpha value is -1.76. The molecule has 0 bridgehead atoms. The maximum atomic E-state index is 11.8. The molecular weight excluding hydrogens is 294 g/mol. The van der Waals surface area contributed by atoms with Crippen LogP contribution in [0.2, 0.25) is 0 Å². The van der Waals surface area contributed by atoms with Gasteiger partial charge in [-0.1, -0.05) is 18.7 Å². The summed E-state index contributed by atoms with van der Waals surface area (Å²) in [5.74, 6) is -0.655. The van der Waals surface area contributed by atoms with E-state index in [1.807, 2.05) is 10.8 Å². The van der Waals surface area contributed by atoms with E-state index in [-0.39, 0.29) is 0 Å². The zero-order chi connectivity index (χ0) is 14.6. The van der Waals surface area contributed by atoms with E-state index >= 15 is 0 Å². The number of carbonyl (C=O) groups excluding carboxylic acids is 1. The van der Waals surface area contributed by atoms with Crippen LogP contribution in [0.4, 0.5) is 0 Å². The Morgan fingerprint density at radius 3 is 2.00 bits per heavy atom. The highest BCUT2D eigenvalue weighted by Crippen LogP contribution is 2.36. The van der Waals surface area contributed by atoms with Crippen molar-refractivity contribution >= 4 is 34.9 Å². The molecule has 0 atom stereocenters. The second-order valence-corrected chi connectivity index (χ2v) is 5.80. The van der Waals surface area contributed by atoms with Gasteiger partial charge in [-0.05, 0) is 22.9 Å². The molecule has 3 heterocycles. The van der Waals surface area contributed by atoms with E-state index in [4.69, 9.17) is 0 Å². The largest absolute Gasteiger partial charge is 0.466 e. The van der Waals surface area contributed by atoms with E-state index in [1.54, 1.807) is 30.5 Å². The number of nitrogens with zero attached hydrogens (tertiary/aromatic N) is 1. The first-order chi connectivity index (χ1) is 9.59. The molecule has 2 aromatic rings. The average Bonchev–Trinajstić information content (AvgIpc) is 3.00. The number of carbonyl (C=O) groups is 1. The number of esters is 1. The Bertz CT molecular complexity index is 573. The molecular formula is C14H13NO3S2. The van der Waals surface area contributed by atoms with Gasteiger partial charge < -0.3 is 9.84 Å². The number of methoxy groups -OCH3 is 1. The summed E-state index contributed by atoms with van der Waals surface area (Å²) in [5, 5.41) is 14.2. The van der Waals surface area contributed by atoms with E-state index in [1.165, 1.54) is 29.8 Å². The zero-order valence-electron chi connectivity index (χ0n) is 10.8. The van der Waals surface area contributed by atoms with E-state index in [0.717, 1.165) is 5.70 Å². The number of allylic oxidation sites excluding steroid dienone is 1. The summed E-state index contributed by atoms with van der Waals surface area (Å²) in [6, 6.07) is 7.03. The highest BCUT2D eigenvalue weighted by Gasteiger charge is 2.43. The molecule has 1 aliphatic heterocycles. The van der Waals surface area contributed by atoms with E-state index in [9.17, 15) is 9.90 Å². The van der Waals surface area contributed by atoms with Gasteiger partial charge in [0.2, 0.25) is 5.60 Å². The van der Waals surface area contributed by atoms with Crippen LogP contribution in [0.15, 0.2) is 52.3 Å². The average molecular weight is 307 g/mol. The van der Waals surface area contributed by atoms with Crippen molar-refractivity contribution in [2.45, 2.75) is 5.60 Å². The first kappa shape index (κ1) is 14.6. The molecule has 1 N–H and O–H groups in total. The number of aliphatic hydroxyl groups is 1. The summed E-state index contributed by atoms with van der Waals surface area (Å²) in [4.78, 5) is 16.5. The van der Waals surface area contributed by atoms with Gasteiger partial charge in [0.1, 0.15) is 0 Å². The predicted molar refractivity (Wildman–Crippen MR) is 81.3 cm³/mol. The number of ether oxygens (including phenoxy) is 1. The molecule has 0 unspecified atom stereocenters. The molecule has 20 heavy (non-hydrogen) atoms. The van der Waals surface area contributed by atoms with Gasteiger partial charge in [0.25, 0.3) is 0 Å². The van der Waals surface area contributed by atoms with Crippen molar-refractivity contribution in [1.82, 2.24) is 0 Å². The number of hydrogen-bond acceptors (Lipinski definition) is 6. The monoisotopic (exact) mass is 307 g/mol. The van der Waals surface area contributed by atoms with E-state index < -0.39 is 11.6 Å². The van der Waals surface area contributed by atoms with Gasteiger partial charge in [0.05, 0.1) is 28.8 Å². The van der Waals surface area contributed by atoms with Gasteiger partial charge in [-0.2, -0.15) is 0 Å². The van der Waals surface area contributed by atoms with Gasteiger partial charge >= 0.3 is 5.97 Å². The summed E-state index contributed by atoms with van der Waals surface area (Å²) in [5.41, 5.74) is -0.753. The second kappa shape index (κ2) is 6.13. The van der Waals surface area contributed by atoms with Crippen LogP contribution in [0.25, 0.3) is 0 Å². The third-order valence-corrected chi connectivity index (χ3v) is 4.51. The molecule has 0 fully saturated rings. The minimum absolute atomic E-state index is 0.571. The first-order valence-electron chi connectivity index (χ1n) is 5.70. The maximum absolute atomic E-state index is 11.8. The quantitative estimate of drug-likeness (QED) is 0.887. The van der Waals surface area contributed by atoms with Crippen LogP contribution < -0.4 is 0 Å². The van der Waals surface area contributed by atoms with Crippen LogP contribution in [0.5, 0.6) is 0 Å². The highest BCUT2D eigenvalue weighted by atomic mass is 32.1. The molecule has 0 spiro atoms. The molecule has 0 saturated heterocycles. The molecule has 0 saturated carbocycles. The first-order valence-corrected chi connectivity index (χ1v) is 7.46. The Kier molecular flexibility index (Phi) is 4.49. The molecule has 0 radical (unpaired) electrons. The third kappa shape index (κ3) is 3.04. The van der Waals surface area contributed by atoms with Crippen molar-refractivity contribution in [2.75, 3.05) is 7.11 Å². The number of thiophene rings is 2. The normalized spacial score (nSPS) is 12.6. The van der Waals surface area contributed by atoms with Gasteiger partial charge in [0, 0.05) is 0 Å². The Morgan fingerprint density at radius 1 is 1.30 bits per heavy atom. The number of aliphatic imine (C=N–C) groups is 1. The van der Waals surface area contributed by atoms with Gasteiger partial charge in [0.15, 0.2) is 0 Å². The third-order valence-electron chi connectivity index (χ3n) is 2.55. The van der Waals surface area contributed by atoms with Crippen molar-refractivity contribution < 1.29 is 14.6 Å². The van der Waals surface area contributed by atoms with Crippen LogP contribution in [-0.2, 0) is 15.1 Å². The van der Waals surface area contributed by atoms with E-state index in [0.29, 0.717) is 9.75 Å². The van der Waals surface area contributed by atoms with Crippen molar-refractivity contribution in [3.05, 3.63) is 57.1 Å². The molecule has 0 aliphatic carbocycles. The lowest BCUT2D eigenvalue weighted by atomic mass is 10.0. The van der Waals surface area contributed by atoms with E-state index in [2.05, 4.69) is 16.3 Å². The fourth-order valence-corrected chi connectivity index (χ4v) is 3.20. The van der Waals surface area contributed by atoms with Gasteiger partial charge in [-0.25, -0.2) is 4.79 Å². The standard InChI is InChI=1S/C11H10O3S2.C3H3N/c1-14-10(12)11(13,8-4-2-6-15-8)9-5-3-7-16-9;1-3-2-4-3/h2-7,13H,1H3;2H,1H2.